The zero-order valence-corrected chi connectivity index (χ0v) is 14.6. The summed E-state index contributed by atoms with van der Waals surface area (Å²) in [6.45, 7) is 1.64. The third-order valence-electron chi connectivity index (χ3n) is 3.35. The lowest BCUT2D eigenvalue weighted by atomic mass is 10.0. The van der Waals surface area contributed by atoms with Crippen LogP contribution in [0.1, 0.15) is 38.8 Å². The van der Waals surface area contributed by atoms with Gasteiger partial charge < -0.3 is 14.9 Å². The van der Waals surface area contributed by atoms with Gasteiger partial charge in [0.25, 0.3) is 5.91 Å². The molecule has 0 fully saturated rings. The molecule has 3 aromatic heterocycles. The van der Waals surface area contributed by atoms with E-state index in [9.17, 15) is 14.7 Å². The Balaban J connectivity index is 0.00000225. The number of carboxylic acids is 1. The Morgan fingerprint density at radius 2 is 2.12 bits per heavy atom. The van der Waals surface area contributed by atoms with Gasteiger partial charge in [-0.3, -0.25) is 9.78 Å². The van der Waals surface area contributed by atoms with Crippen molar-refractivity contribution >= 4 is 35.6 Å². The van der Waals surface area contributed by atoms with Crippen molar-refractivity contribution in [3.05, 3.63) is 58.2 Å². The van der Waals surface area contributed by atoms with E-state index >= 15 is 0 Å². The van der Waals surface area contributed by atoms with Crippen molar-refractivity contribution in [3.8, 4) is 11.3 Å². The Morgan fingerprint density at radius 1 is 1.32 bits per heavy atom. The Kier molecular flexibility index (Phi) is 5.89. The summed E-state index contributed by atoms with van der Waals surface area (Å²) in [6.07, 6.45) is 3.08. The minimum atomic E-state index is -1.18. The van der Waals surface area contributed by atoms with E-state index in [1.165, 1.54) is 17.5 Å². The van der Waals surface area contributed by atoms with Crippen molar-refractivity contribution < 1.29 is 19.2 Å². The summed E-state index contributed by atoms with van der Waals surface area (Å²) in [4.78, 5) is 28.3. The smallest absolute Gasteiger partial charge is 0.341 e. The summed E-state index contributed by atoms with van der Waals surface area (Å²) in [7, 11) is 0. The predicted molar refractivity (Wildman–Crippen MR) is 94.1 cm³/mol. The van der Waals surface area contributed by atoms with Gasteiger partial charge >= 0.3 is 5.97 Å². The second-order valence-electron chi connectivity index (χ2n) is 4.99. The second-order valence-corrected chi connectivity index (χ2v) is 5.94. The highest BCUT2D eigenvalue weighted by atomic mass is 35.5. The first kappa shape index (κ1) is 18.6. The van der Waals surface area contributed by atoms with E-state index in [0.717, 1.165) is 0 Å². The molecule has 2 N–H and O–H groups in total. The van der Waals surface area contributed by atoms with Crippen LogP contribution in [0.2, 0.25) is 0 Å². The number of nitrogens with one attached hydrogen (secondary N) is 1. The number of carboxylic acid groups (broad SMARTS) is 1. The average molecular weight is 380 g/mol. The summed E-state index contributed by atoms with van der Waals surface area (Å²) in [5.41, 5.74) is 0.631. The topological polar surface area (TPSA) is 105 Å². The minimum Gasteiger partial charge on any atom is -0.477 e. The van der Waals surface area contributed by atoms with Crippen molar-refractivity contribution in [2.45, 2.75) is 13.0 Å². The number of carbonyl (C=O) groups excluding carboxylic acids is 1. The molecule has 3 aromatic rings. The molecule has 1 atom stereocenters. The van der Waals surface area contributed by atoms with Crippen LogP contribution < -0.4 is 5.32 Å². The van der Waals surface area contributed by atoms with E-state index in [1.807, 2.05) is 0 Å². The molecule has 0 spiro atoms. The molecule has 3 heterocycles. The number of thiophene rings is 1. The minimum absolute atomic E-state index is 0. The van der Waals surface area contributed by atoms with Gasteiger partial charge in [-0.25, -0.2) is 4.79 Å². The van der Waals surface area contributed by atoms with Gasteiger partial charge in [-0.15, -0.1) is 23.7 Å². The van der Waals surface area contributed by atoms with Crippen LogP contribution >= 0.6 is 23.7 Å². The number of aromatic nitrogens is 2. The average Bonchev–Trinajstić information content (AvgIpc) is 3.25. The molecule has 0 bridgehead atoms. The summed E-state index contributed by atoms with van der Waals surface area (Å²) >= 11 is 1.30. The Labute approximate surface area is 153 Å². The lowest BCUT2D eigenvalue weighted by molar-refractivity contribution is 0.0692. The molecular weight excluding hydrogens is 366 g/mol. The molecule has 0 aliphatic carbocycles. The van der Waals surface area contributed by atoms with Gasteiger partial charge in [0.15, 0.2) is 5.76 Å². The molecule has 130 valence electrons. The normalized spacial score (nSPS) is 11.4. The fraction of sp³-hybridized carbons (Fsp3) is 0.125. The number of pyridine rings is 1. The van der Waals surface area contributed by atoms with Crippen LogP contribution in [0.25, 0.3) is 11.3 Å². The van der Waals surface area contributed by atoms with Crippen molar-refractivity contribution in [2.24, 2.45) is 0 Å². The maximum atomic E-state index is 12.1. The number of amides is 1. The van der Waals surface area contributed by atoms with Crippen LogP contribution in [0.4, 0.5) is 0 Å². The maximum absolute atomic E-state index is 12.1. The first-order chi connectivity index (χ1) is 11.6. The van der Waals surface area contributed by atoms with Crippen molar-refractivity contribution in [2.75, 3.05) is 0 Å². The van der Waals surface area contributed by atoms with Crippen LogP contribution in [-0.4, -0.2) is 27.1 Å². The van der Waals surface area contributed by atoms with Gasteiger partial charge in [0.05, 0.1) is 10.9 Å². The van der Waals surface area contributed by atoms with Crippen LogP contribution in [0.5, 0.6) is 0 Å². The molecule has 0 aliphatic heterocycles. The van der Waals surface area contributed by atoms with Gasteiger partial charge in [-0.1, -0.05) is 11.2 Å². The highest BCUT2D eigenvalue weighted by Gasteiger charge is 2.28. The number of rotatable bonds is 5. The van der Waals surface area contributed by atoms with Gasteiger partial charge in [0, 0.05) is 18.0 Å². The van der Waals surface area contributed by atoms with Gasteiger partial charge in [-0.05, 0) is 30.5 Å². The molecule has 0 saturated carbocycles. The number of hydrogen-bond donors (Lipinski definition) is 2. The van der Waals surface area contributed by atoms with E-state index < -0.39 is 12.0 Å². The monoisotopic (exact) mass is 379 g/mol. The molecule has 25 heavy (non-hydrogen) atoms. The zero-order chi connectivity index (χ0) is 17.1. The van der Waals surface area contributed by atoms with E-state index in [1.54, 1.807) is 42.8 Å². The maximum Gasteiger partial charge on any atom is 0.341 e. The molecule has 0 radical (unpaired) electrons. The summed E-state index contributed by atoms with van der Waals surface area (Å²) in [6, 6.07) is 6.17. The summed E-state index contributed by atoms with van der Waals surface area (Å²) in [5.74, 6) is -1.39. The Morgan fingerprint density at radius 3 is 2.72 bits per heavy atom. The Hall–Kier alpha value is -2.71. The number of nitrogens with zero attached hydrogens (tertiary/aromatic N) is 2. The first-order valence-electron chi connectivity index (χ1n) is 7.05. The van der Waals surface area contributed by atoms with Crippen molar-refractivity contribution in [1.82, 2.24) is 15.5 Å². The van der Waals surface area contributed by atoms with Crippen molar-refractivity contribution in [1.29, 1.82) is 0 Å². The van der Waals surface area contributed by atoms with E-state index in [0.29, 0.717) is 10.4 Å². The number of aromatic carboxylic acids is 1. The molecule has 0 unspecified atom stereocenters. The van der Waals surface area contributed by atoms with E-state index in [4.69, 9.17) is 4.52 Å². The molecule has 0 aliphatic rings. The molecular formula is C16H14ClN3O4S. The van der Waals surface area contributed by atoms with Crippen LogP contribution in [0.3, 0.4) is 0 Å². The fourth-order valence-corrected chi connectivity index (χ4v) is 2.87. The molecule has 9 heteroatoms. The highest BCUT2D eigenvalue weighted by molar-refractivity contribution is 7.12. The lowest BCUT2D eigenvalue weighted by Crippen LogP contribution is -2.26. The van der Waals surface area contributed by atoms with Gasteiger partial charge in [-0.2, -0.15) is 0 Å². The Bertz CT molecular complexity index is 865. The van der Waals surface area contributed by atoms with Crippen LogP contribution in [-0.2, 0) is 0 Å². The summed E-state index contributed by atoms with van der Waals surface area (Å²) in [5, 5.41) is 17.9. The predicted octanol–water partition coefficient (Wildman–Crippen LogP) is 3.41. The number of carbonyl (C=O) groups is 2. The molecule has 0 aromatic carbocycles. The summed E-state index contributed by atoms with van der Waals surface area (Å²) < 4.78 is 5.22. The molecule has 7 nitrogen and oxygen atoms in total. The third kappa shape index (κ3) is 3.86. The van der Waals surface area contributed by atoms with Crippen LogP contribution in [0, 0.1) is 0 Å². The first-order valence-corrected chi connectivity index (χ1v) is 7.93. The second kappa shape index (κ2) is 7.91. The molecule has 0 saturated heterocycles. The molecule has 3 rings (SSSR count). The van der Waals surface area contributed by atoms with Gasteiger partial charge in [0.1, 0.15) is 11.3 Å². The van der Waals surface area contributed by atoms with Crippen molar-refractivity contribution in [3.63, 3.8) is 0 Å². The quantitative estimate of drug-likeness (QED) is 0.703. The SMILES string of the molecule is C[C@@H](NC(=O)c1cccs1)c1onc(-c2cccnc2)c1C(=O)O.Cl. The van der Waals surface area contributed by atoms with Crippen LogP contribution in [0.15, 0.2) is 46.6 Å². The van der Waals surface area contributed by atoms with E-state index in [2.05, 4.69) is 15.5 Å². The third-order valence-corrected chi connectivity index (χ3v) is 4.22. The molecule has 1 amide bonds. The largest absolute Gasteiger partial charge is 0.477 e. The number of halogens is 1. The zero-order valence-electron chi connectivity index (χ0n) is 13.0. The number of hydrogen-bond acceptors (Lipinski definition) is 6. The lowest BCUT2D eigenvalue weighted by Gasteiger charge is -2.10. The fourth-order valence-electron chi connectivity index (χ4n) is 2.25. The highest BCUT2D eigenvalue weighted by Crippen LogP contribution is 2.29. The van der Waals surface area contributed by atoms with Gasteiger partial charge in [0.2, 0.25) is 0 Å². The van der Waals surface area contributed by atoms with E-state index in [-0.39, 0.29) is 35.3 Å². The standard InChI is InChI=1S/C16H13N3O4S.ClH/c1-9(18-15(20)11-5-3-7-24-11)14-12(16(21)22)13(19-23-14)10-4-2-6-17-8-10;/h2-9H,1H3,(H,18,20)(H,21,22);1H/t9-;/m1./s1.